The SMILES string of the molecule is CC(C)(C)c1cc2cc(NC(=O)C3(c4ccc5c(c4)OC(F)(F)O5)CC3)c(C#N)cc2n1C[C@@H](O)CO.[HH].[HH].[HH]. The van der Waals surface area contributed by atoms with Crippen LogP contribution >= 0.6 is 0 Å². The number of aromatic nitrogens is 1. The number of hydrogen-bond acceptors (Lipinski definition) is 6. The monoisotopic (exact) mass is 517 g/mol. The van der Waals surface area contributed by atoms with Gasteiger partial charge in [0.05, 0.1) is 35.9 Å². The molecule has 37 heavy (non-hydrogen) atoms. The number of nitrogens with one attached hydrogen (secondary N) is 1. The maximum Gasteiger partial charge on any atom is 0.586 e. The van der Waals surface area contributed by atoms with E-state index >= 15 is 0 Å². The van der Waals surface area contributed by atoms with Crippen LogP contribution in [0.15, 0.2) is 36.4 Å². The molecule has 0 spiro atoms. The van der Waals surface area contributed by atoms with Crippen molar-refractivity contribution in [3.8, 4) is 17.6 Å². The lowest BCUT2D eigenvalue weighted by Gasteiger charge is -2.23. The largest absolute Gasteiger partial charge is 0.586 e. The number of ether oxygens (including phenoxy) is 2. The van der Waals surface area contributed by atoms with Crippen LogP contribution in [-0.4, -0.2) is 39.7 Å². The van der Waals surface area contributed by atoms with Gasteiger partial charge >= 0.3 is 6.29 Å². The molecule has 3 N–H and O–H groups in total. The summed E-state index contributed by atoms with van der Waals surface area (Å²) in [6, 6.07) is 11.8. The molecule has 2 aromatic carbocycles. The number of fused-ring (bicyclic) bond motifs is 2. The van der Waals surface area contributed by atoms with Crippen LogP contribution in [0.25, 0.3) is 10.9 Å². The molecule has 0 bridgehead atoms. The number of hydrogen-bond donors (Lipinski definition) is 3. The van der Waals surface area contributed by atoms with E-state index in [1.165, 1.54) is 12.1 Å². The molecular weight excluding hydrogens is 484 g/mol. The molecule has 1 aliphatic heterocycles. The van der Waals surface area contributed by atoms with Gasteiger partial charge in [-0.15, -0.1) is 8.78 Å². The Hall–Kier alpha value is -3.68. The molecule has 1 aliphatic carbocycles. The quantitative estimate of drug-likeness (QED) is 0.429. The van der Waals surface area contributed by atoms with E-state index in [1.807, 2.05) is 31.4 Å². The zero-order chi connectivity index (χ0) is 26.8. The molecule has 8 nitrogen and oxygen atoms in total. The Bertz CT molecular complexity index is 1460. The van der Waals surface area contributed by atoms with Gasteiger partial charge in [0.15, 0.2) is 11.5 Å². The van der Waals surface area contributed by atoms with Crippen LogP contribution in [-0.2, 0) is 22.2 Å². The number of carbonyl (C=O) groups excluding carboxylic acids is 1. The fourth-order valence-corrected chi connectivity index (χ4v) is 4.85. The second kappa shape index (κ2) is 8.43. The molecule has 2 heterocycles. The number of aliphatic hydroxyl groups is 2. The highest BCUT2D eigenvalue weighted by atomic mass is 19.3. The van der Waals surface area contributed by atoms with Crippen molar-refractivity contribution < 1.29 is 37.5 Å². The van der Waals surface area contributed by atoms with Crippen molar-refractivity contribution in [2.75, 3.05) is 11.9 Å². The number of amides is 1. The summed E-state index contributed by atoms with van der Waals surface area (Å²) in [7, 11) is 0. The first-order valence-electron chi connectivity index (χ1n) is 12.0. The molecule has 0 unspecified atom stereocenters. The first-order valence-corrected chi connectivity index (χ1v) is 12.0. The highest BCUT2D eigenvalue weighted by Crippen LogP contribution is 2.52. The summed E-state index contributed by atoms with van der Waals surface area (Å²) in [6.45, 7) is 5.82. The normalized spacial score (nSPS) is 17.9. The van der Waals surface area contributed by atoms with Crippen LogP contribution < -0.4 is 14.8 Å². The van der Waals surface area contributed by atoms with Crippen molar-refractivity contribution >= 4 is 22.5 Å². The lowest BCUT2D eigenvalue weighted by molar-refractivity contribution is -0.286. The Balaban J connectivity index is 0.00000187. The number of alkyl halides is 2. The average molecular weight is 518 g/mol. The van der Waals surface area contributed by atoms with E-state index < -0.39 is 24.4 Å². The second-order valence-electron chi connectivity index (χ2n) is 10.7. The number of rotatable bonds is 6. The number of halogens is 2. The van der Waals surface area contributed by atoms with Gasteiger partial charge in [-0.3, -0.25) is 4.79 Å². The van der Waals surface area contributed by atoms with Crippen LogP contribution in [0.4, 0.5) is 14.5 Å². The molecule has 1 atom stereocenters. The molecular formula is C27H33F2N3O5. The van der Waals surface area contributed by atoms with Crippen LogP contribution in [0.2, 0.25) is 0 Å². The minimum atomic E-state index is -3.74. The summed E-state index contributed by atoms with van der Waals surface area (Å²) in [6.07, 6.45) is -3.68. The van der Waals surface area contributed by atoms with Gasteiger partial charge in [0.1, 0.15) is 6.07 Å². The van der Waals surface area contributed by atoms with Crippen LogP contribution in [0.3, 0.4) is 0 Å². The molecule has 5 rings (SSSR count). The standard InChI is InChI=1S/C27H27F2N3O5.3H2/c1-25(2,3)23-10-15-8-19(16(12-30)9-20(15)32(23)13-18(34)14-33)31-24(35)26(6-7-26)17-4-5-21-22(11-17)37-27(28,29)36-21;;;/h4-5,8-11,18,33-34H,6-7,13-14H2,1-3H3,(H,31,35);3*1H/t18-;;;/m1.../s1. The molecule has 1 saturated carbocycles. The van der Waals surface area contributed by atoms with Gasteiger partial charge in [0.25, 0.3) is 0 Å². The molecule has 2 aliphatic rings. The highest BCUT2D eigenvalue weighted by molar-refractivity contribution is 6.04. The summed E-state index contributed by atoms with van der Waals surface area (Å²) < 4.78 is 37.8. The first kappa shape index (κ1) is 25.0. The van der Waals surface area contributed by atoms with Crippen LogP contribution in [0, 0.1) is 11.3 Å². The topological polar surface area (TPSA) is 117 Å². The van der Waals surface area contributed by atoms with Gasteiger partial charge in [-0.1, -0.05) is 26.8 Å². The number of aliphatic hydroxyl groups excluding tert-OH is 2. The van der Waals surface area contributed by atoms with Gasteiger partial charge in [-0.05, 0) is 48.7 Å². The predicted octanol–water partition coefficient (Wildman–Crippen LogP) is 4.89. The Morgan fingerprint density at radius 1 is 1.22 bits per heavy atom. The number of nitriles is 1. The molecule has 3 aromatic rings. The van der Waals surface area contributed by atoms with E-state index in [9.17, 15) is 29.1 Å². The summed E-state index contributed by atoms with van der Waals surface area (Å²) in [4.78, 5) is 13.4. The Kier molecular flexibility index (Phi) is 5.69. The third-order valence-corrected chi connectivity index (χ3v) is 6.92. The molecule has 0 radical (unpaired) electrons. The van der Waals surface area contributed by atoms with E-state index in [0.29, 0.717) is 29.6 Å². The van der Waals surface area contributed by atoms with Crippen molar-refractivity contribution in [1.29, 1.82) is 5.26 Å². The average Bonchev–Trinajstić information content (AvgIpc) is 3.47. The zero-order valence-corrected chi connectivity index (χ0v) is 20.6. The number of nitrogens with zero attached hydrogens (tertiary/aromatic N) is 2. The number of carbonyl (C=O) groups is 1. The van der Waals surface area contributed by atoms with E-state index in [-0.39, 0.29) is 39.2 Å². The zero-order valence-electron chi connectivity index (χ0n) is 20.6. The summed E-state index contributed by atoms with van der Waals surface area (Å²) in [5.41, 5.74) is 1.48. The number of anilines is 1. The lowest BCUT2D eigenvalue weighted by Crippen LogP contribution is -2.28. The lowest BCUT2D eigenvalue weighted by atomic mass is 9.92. The van der Waals surface area contributed by atoms with Crippen molar-refractivity contribution in [2.24, 2.45) is 0 Å². The highest BCUT2D eigenvalue weighted by Gasteiger charge is 2.53. The van der Waals surface area contributed by atoms with Crippen LogP contribution in [0.5, 0.6) is 11.5 Å². The smallest absolute Gasteiger partial charge is 0.395 e. The maximum absolute atomic E-state index is 13.4. The third kappa shape index (κ3) is 4.38. The minimum absolute atomic E-state index is 0. The molecule has 200 valence electrons. The fraction of sp³-hybridized carbons (Fsp3) is 0.407. The second-order valence-corrected chi connectivity index (χ2v) is 10.7. The van der Waals surface area contributed by atoms with Gasteiger partial charge in [-0.2, -0.15) is 5.26 Å². The van der Waals surface area contributed by atoms with Gasteiger partial charge < -0.3 is 29.6 Å². The van der Waals surface area contributed by atoms with E-state index in [2.05, 4.69) is 20.9 Å². The Morgan fingerprint density at radius 3 is 2.54 bits per heavy atom. The van der Waals surface area contributed by atoms with Gasteiger partial charge in [0.2, 0.25) is 5.91 Å². The van der Waals surface area contributed by atoms with Gasteiger partial charge in [0, 0.05) is 26.3 Å². The van der Waals surface area contributed by atoms with Crippen molar-refractivity contribution in [2.45, 2.75) is 63.4 Å². The van der Waals surface area contributed by atoms with Crippen LogP contribution in [0.1, 0.15) is 54.7 Å². The van der Waals surface area contributed by atoms with E-state index in [0.717, 1.165) is 11.1 Å². The van der Waals surface area contributed by atoms with E-state index in [1.54, 1.807) is 18.2 Å². The fourth-order valence-electron chi connectivity index (χ4n) is 4.85. The Labute approximate surface area is 216 Å². The maximum atomic E-state index is 13.4. The molecule has 1 amide bonds. The predicted molar refractivity (Wildman–Crippen MR) is 137 cm³/mol. The van der Waals surface area contributed by atoms with Crippen molar-refractivity contribution in [3.63, 3.8) is 0 Å². The number of benzene rings is 2. The molecule has 0 saturated heterocycles. The van der Waals surface area contributed by atoms with Crippen molar-refractivity contribution in [1.82, 2.24) is 4.57 Å². The van der Waals surface area contributed by atoms with Gasteiger partial charge in [-0.25, -0.2) is 0 Å². The summed E-state index contributed by atoms with van der Waals surface area (Å²) >= 11 is 0. The van der Waals surface area contributed by atoms with Crippen molar-refractivity contribution in [3.05, 3.63) is 53.2 Å². The summed E-state index contributed by atoms with van der Waals surface area (Å²) in [5, 5.41) is 33.0. The molecule has 1 fully saturated rings. The van der Waals surface area contributed by atoms with E-state index in [4.69, 9.17) is 0 Å². The summed E-state index contributed by atoms with van der Waals surface area (Å²) in [5.74, 6) is -0.561. The minimum Gasteiger partial charge on any atom is -0.395 e. The Morgan fingerprint density at radius 2 is 1.92 bits per heavy atom. The molecule has 10 heteroatoms. The third-order valence-electron chi connectivity index (χ3n) is 6.92. The first-order chi connectivity index (χ1) is 17.4. The molecule has 1 aromatic heterocycles.